The largest absolute Gasteiger partial charge is 0.409 e. The van der Waals surface area contributed by atoms with Crippen LogP contribution in [-0.4, -0.2) is 32.8 Å². The minimum absolute atomic E-state index is 0.142. The average molecular weight is 290 g/mol. The summed E-state index contributed by atoms with van der Waals surface area (Å²) < 4.78 is 7.83. The molecule has 1 heterocycles. The van der Waals surface area contributed by atoms with E-state index < -0.39 is 0 Å². The Morgan fingerprint density at radius 3 is 2.76 bits per heavy atom. The van der Waals surface area contributed by atoms with E-state index >= 15 is 0 Å². The molecule has 0 fully saturated rings. The van der Waals surface area contributed by atoms with Crippen molar-refractivity contribution < 1.29 is 9.94 Å². The third-order valence-corrected chi connectivity index (χ3v) is 3.05. The van der Waals surface area contributed by atoms with E-state index in [1.54, 1.807) is 0 Å². The number of hydrogen-bond acceptors (Lipinski definition) is 4. The summed E-state index contributed by atoms with van der Waals surface area (Å²) in [6, 6.07) is 7.87. The van der Waals surface area contributed by atoms with Crippen LogP contribution in [-0.2, 0) is 17.7 Å². The molecule has 0 bridgehead atoms. The van der Waals surface area contributed by atoms with Crippen LogP contribution >= 0.6 is 0 Å². The summed E-state index contributed by atoms with van der Waals surface area (Å²) in [6.45, 7) is 7.32. The zero-order valence-corrected chi connectivity index (χ0v) is 12.7. The molecule has 21 heavy (non-hydrogen) atoms. The molecule has 3 N–H and O–H groups in total. The van der Waals surface area contributed by atoms with Crippen molar-refractivity contribution >= 4 is 16.9 Å². The number of imidazole rings is 1. The Kier molecular flexibility index (Phi) is 4.47. The molecule has 2 aromatic rings. The fraction of sp³-hybridized carbons (Fsp3) is 0.467. The second kappa shape index (κ2) is 6.13. The van der Waals surface area contributed by atoms with Crippen molar-refractivity contribution in [3.05, 3.63) is 30.1 Å². The number of nitrogens with two attached hydrogens (primary N) is 1. The molecule has 1 aromatic heterocycles. The predicted molar refractivity (Wildman–Crippen MR) is 82.6 cm³/mol. The first-order chi connectivity index (χ1) is 9.90. The third kappa shape index (κ3) is 3.95. The number of aromatic nitrogens is 2. The summed E-state index contributed by atoms with van der Waals surface area (Å²) in [7, 11) is 0. The molecule has 0 aliphatic rings. The number of rotatable bonds is 5. The Morgan fingerprint density at radius 2 is 2.10 bits per heavy atom. The van der Waals surface area contributed by atoms with E-state index in [-0.39, 0.29) is 11.4 Å². The van der Waals surface area contributed by atoms with Gasteiger partial charge in [0.2, 0.25) is 0 Å². The van der Waals surface area contributed by atoms with E-state index in [1.807, 2.05) is 45.0 Å². The van der Waals surface area contributed by atoms with E-state index in [0.29, 0.717) is 19.6 Å². The van der Waals surface area contributed by atoms with Crippen LogP contribution in [0.15, 0.2) is 29.4 Å². The van der Waals surface area contributed by atoms with Gasteiger partial charge in [-0.2, -0.15) is 0 Å². The fourth-order valence-corrected chi connectivity index (χ4v) is 2.15. The van der Waals surface area contributed by atoms with E-state index in [2.05, 4.69) is 14.7 Å². The van der Waals surface area contributed by atoms with Crippen LogP contribution in [0.25, 0.3) is 11.0 Å². The molecule has 114 valence electrons. The summed E-state index contributed by atoms with van der Waals surface area (Å²) >= 11 is 0. The maximum atomic E-state index is 8.75. The molecule has 0 saturated heterocycles. The standard InChI is InChI=1S/C15H22N4O2/c1-15(2,3)21-9-8-19-12-7-5-4-6-11(12)17-14(19)10-13(16)18-20/h4-7,20H,8-10H2,1-3H3,(H2,16,18). The maximum Gasteiger partial charge on any atom is 0.146 e. The molecule has 0 aliphatic carbocycles. The summed E-state index contributed by atoms with van der Waals surface area (Å²) in [5.74, 6) is 0.910. The van der Waals surface area contributed by atoms with E-state index in [1.165, 1.54) is 0 Å². The number of hydrogen-bond donors (Lipinski definition) is 2. The number of ether oxygens (including phenoxy) is 1. The van der Waals surface area contributed by atoms with Crippen LogP contribution in [0.1, 0.15) is 26.6 Å². The van der Waals surface area contributed by atoms with E-state index in [0.717, 1.165) is 16.9 Å². The van der Waals surface area contributed by atoms with Gasteiger partial charge < -0.3 is 20.2 Å². The van der Waals surface area contributed by atoms with Gasteiger partial charge in [0, 0.05) is 6.54 Å². The monoisotopic (exact) mass is 290 g/mol. The van der Waals surface area contributed by atoms with Gasteiger partial charge in [-0.15, -0.1) is 0 Å². The molecule has 2 rings (SSSR count). The summed E-state index contributed by atoms with van der Waals surface area (Å²) in [5.41, 5.74) is 7.35. The molecule has 0 unspecified atom stereocenters. The first-order valence-corrected chi connectivity index (χ1v) is 6.95. The quantitative estimate of drug-likeness (QED) is 0.382. The Labute approximate surface area is 124 Å². The van der Waals surface area contributed by atoms with Crippen molar-refractivity contribution in [1.82, 2.24) is 9.55 Å². The predicted octanol–water partition coefficient (Wildman–Crippen LogP) is 2.14. The van der Waals surface area contributed by atoms with Crippen molar-refractivity contribution in [2.45, 2.75) is 39.3 Å². The van der Waals surface area contributed by atoms with Crippen LogP contribution in [0.3, 0.4) is 0 Å². The van der Waals surface area contributed by atoms with E-state index in [9.17, 15) is 0 Å². The van der Waals surface area contributed by atoms with Crippen LogP contribution in [0.2, 0.25) is 0 Å². The number of amidine groups is 1. The van der Waals surface area contributed by atoms with Crippen LogP contribution in [0, 0.1) is 0 Å². The summed E-state index contributed by atoms with van der Waals surface area (Å²) in [5, 5.41) is 11.8. The zero-order valence-electron chi connectivity index (χ0n) is 12.7. The van der Waals surface area contributed by atoms with Gasteiger partial charge in [-0.25, -0.2) is 4.98 Å². The molecule has 0 saturated carbocycles. The molecule has 0 atom stereocenters. The Morgan fingerprint density at radius 1 is 1.38 bits per heavy atom. The van der Waals surface area contributed by atoms with Crippen molar-refractivity contribution in [1.29, 1.82) is 0 Å². The van der Waals surface area contributed by atoms with Crippen LogP contribution < -0.4 is 5.73 Å². The topological polar surface area (TPSA) is 85.7 Å². The van der Waals surface area contributed by atoms with E-state index in [4.69, 9.17) is 15.7 Å². The molecule has 1 aromatic carbocycles. The highest BCUT2D eigenvalue weighted by molar-refractivity contribution is 5.83. The highest BCUT2D eigenvalue weighted by Crippen LogP contribution is 2.17. The highest BCUT2D eigenvalue weighted by atomic mass is 16.5. The number of para-hydroxylation sites is 2. The van der Waals surface area contributed by atoms with Crippen molar-refractivity contribution in [3.63, 3.8) is 0 Å². The normalized spacial score (nSPS) is 13.0. The second-order valence-electron chi connectivity index (χ2n) is 5.90. The lowest BCUT2D eigenvalue weighted by molar-refractivity contribution is -0.00668. The lowest BCUT2D eigenvalue weighted by Gasteiger charge is -2.20. The van der Waals surface area contributed by atoms with Crippen molar-refractivity contribution in [2.75, 3.05) is 6.61 Å². The fourth-order valence-electron chi connectivity index (χ4n) is 2.15. The molecule has 0 amide bonds. The lowest BCUT2D eigenvalue weighted by Crippen LogP contribution is -2.23. The SMILES string of the molecule is CC(C)(C)OCCn1c(C/C(N)=N/O)nc2ccccc21. The zero-order chi connectivity index (χ0) is 15.5. The van der Waals surface area contributed by atoms with Crippen molar-refractivity contribution in [3.8, 4) is 0 Å². The molecular formula is C15H22N4O2. The minimum Gasteiger partial charge on any atom is -0.409 e. The number of nitrogens with zero attached hydrogens (tertiary/aromatic N) is 3. The maximum absolute atomic E-state index is 8.75. The van der Waals surface area contributed by atoms with Gasteiger partial charge in [0.05, 0.1) is 29.7 Å². The highest BCUT2D eigenvalue weighted by Gasteiger charge is 2.14. The molecule has 6 nitrogen and oxygen atoms in total. The Bertz CT molecular complexity index is 641. The van der Waals surface area contributed by atoms with Gasteiger partial charge in [0.15, 0.2) is 0 Å². The molecular weight excluding hydrogens is 268 g/mol. The Balaban J connectivity index is 2.27. The van der Waals surface area contributed by atoms with Crippen LogP contribution in [0.4, 0.5) is 0 Å². The van der Waals surface area contributed by atoms with Gasteiger partial charge in [0.1, 0.15) is 11.7 Å². The summed E-state index contributed by atoms with van der Waals surface area (Å²) in [6.07, 6.45) is 0.306. The van der Waals surface area contributed by atoms with Gasteiger partial charge >= 0.3 is 0 Å². The molecule has 0 aliphatic heterocycles. The Hall–Kier alpha value is -2.08. The molecule has 0 spiro atoms. The number of fused-ring (bicyclic) bond motifs is 1. The van der Waals surface area contributed by atoms with Crippen molar-refractivity contribution in [2.24, 2.45) is 10.9 Å². The minimum atomic E-state index is -0.178. The first kappa shape index (κ1) is 15.3. The first-order valence-electron chi connectivity index (χ1n) is 6.95. The smallest absolute Gasteiger partial charge is 0.146 e. The van der Waals surface area contributed by atoms with Gasteiger partial charge in [-0.1, -0.05) is 17.3 Å². The van der Waals surface area contributed by atoms with Crippen LogP contribution in [0.5, 0.6) is 0 Å². The number of benzene rings is 1. The second-order valence-corrected chi connectivity index (χ2v) is 5.90. The van der Waals surface area contributed by atoms with Gasteiger partial charge in [0.25, 0.3) is 0 Å². The molecule has 0 radical (unpaired) electrons. The van der Waals surface area contributed by atoms with Gasteiger partial charge in [-0.3, -0.25) is 0 Å². The molecule has 6 heteroatoms. The summed E-state index contributed by atoms with van der Waals surface area (Å²) in [4.78, 5) is 4.55. The lowest BCUT2D eigenvalue weighted by atomic mass is 10.2. The average Bonchev–Trinajstić information content (AvgIpc) is 2.75. The van der Waals surface area contributed by atoms with Gasteiger partial charge in [-0.05, 0) is 32.9 Å². The third-order valence-electron chi connectivity index (χ3n) is 3.05. The number of oxime groups is 1.